The molecule has 0 saturated heterocycles. The second kappa shape index (κ2) is 11.1. The molecule has 0 bridgehead atoms. The van der Waals surface area contributed by atoms with E-state index in [1.807, 2.05) is 35.7 Å². The van der Waals surface area contributed by atoms with E-state index in [2.05, 4.69) is 25.4 Å². The van der Waals surface area contributed by atoms with E-state index in [4.69, 9.17) is 18.9 Å². The topological polar surface area (TPSA) is 135 Å². The summed E-state index contributed by atoms with van der Waals surface area (Å²) in [6, 6.07) is 8.80. The lowest BCUT2D eigenvalue weighted by atomic mass is 10.0. The number of hydrogen-bond donors (Lipinski definition) is 3. The van der Waals surface area contributed by atoms with Crippen molar-refractivity contribution in [1.82, 2.24) is 14.3 Å². The maximum absolute atomic E-state index is 12.9. The van der Waals surface area contributed by atoms with Crippen molar-refractivity contribution in [2.24, 2.45) is 0 Å². The van der Waals surface area contributed by atoms with Crippen LogP contribution >= 0.6 is 11.5 Å². The highest BCUT2D eigenvalue weighted by molar-refractivity contribution is 7.04. The molecule has 0 spiro atoms. The molecule has 1 amide bonds. The molecular weight excluding hydrogens is 482 g/mol. The van der Waals surface area contributed by atoms with Gasteiger partial charge in [-0.05, 0) is 41.4 Å². The summed E-state index contributed by atoms with van der Waals surface area (Å²) in [5.74, 6) is 1.89. The van der Waals surface area contributed by atoms with Gasteiger partial charge in [0.15, 0.2) is 17.5 Å². The highest BCUT2D eigenvalue weighted by atomic mass is 32.1. The minimum absolute atomic E-state index is 0.228. The van der Waals surface area contributed by atoms with Gasteiger partial charge >= 0.3 is 0 Å². The first-order valence-electron chi connectivity index (χ1n) is 11.0. The van der Waals surface area contributed by atoms with Gasteiger partial charge in [-0.3, -0.25) is 4.79 Å². The number of benzene rings is 2. The lowest BCUT2D eigenvalue weighted by Crippen LogP contribution is -2.67. The second-order valence-electron chi connectivity index (χ2n) is 7.87. The number of nitrogens with zero attached hydrogens (tertiary/aromatic N) is 2. The number of carbonyl (C=O) groups is 1. The molecule has 0 saturated carbocycles. The number of amides is 1. The van der Waals surface area contributed by atoms with Gasteiger partial charge in [-0.15, -0.1) is 0 Å². The Bertz CT molecular complexity index is 1310. The SMILES string of the molecule is COc1ccc(-c2csnc2-c2cc(OC)c(OC)c(OC)c2)cc1NC(=O)[C@@H]([NH3+])Cc1cnc[nH]1. The van der Waals surface area contributed by atoms with Crippen LogP contribution in [0.4, 0.5) is 5.69 Å². The van der Waals surface area contributed by atoms with Crippen LogP contribution in [0.1, 0.15) is 5.69 Å². The molecule has 0 radical (unpaired) electrons. The van der Waals surface area contributed by atoms with Crippen LogP contribution in [0.3, 0.4) is 0 Å². The number of rotatable bonds is 10. The summed E-state index contributed by atoms with van der Waals surface area (Å²) < 4.78 is 26.6. The molecular formula is C25H28N5O5S+. The Morgan fingerprint density at radius 3 is 2.36 bits per heavy atom. The number of methoxy groups -OCH3 is 4. The van der Waals surface area contributed by atoms with Crippen molar-refractivity contribution < 1.29 is 29.5 Å². The van der Waals surface area contributed by atoms with Gasteiger partial charge in [0.25, 0.3) is 5.91 Å². The summed E-state index contributed by atoms with van der Waals surface area (Å²) in [6.45, 7) is 0. The number of aromatic amines is 1. The summed E-state index contributed by atoms with van der Waals surface area (Å²) in [6.07, 6.45) is 3.70. The highest BCUT2D eigenvalue weighted by Gasteiger charge is 2.22. The molecule has 2 aromatic heterocycles. The summed E-state index contributed by atoms with van der Waals surface area (Å²) in [5, 5.41) is 4.91. The number of H-pyrrole nitrogens is 1. The zero-order chi connectivity index (χ0) is 25.7. The van der Waals surface area contributed by atoms with Crippen LogP contribution in [-0.2, 0) is 11.2 Å². The van der Waals surface area contributed by atoms with Crippen molar-refractivity contribution in [2.75, 3.05) is 33.8 Å². The normalized spacial score (nSPS) is 11.6. The summed E-state index contributed by atoms with van der Waals surface area (Å²) in [4.78, 5) is 19.9. The third kappa shape index (κ3) is 5.11. The van der Waals surface area contributed by atoms with Crippen molar-refractivity contribution in [1.29, 1.82) is 0 Å². The quantitative estimate of drug-likeness (QED) is 0.298. The summed E-state index contributed by atoms with van der Waals surface area (Å²) >= 11 is 1.33. The van der Waals surface area contributed by atoms with E-state index in [-0.39, 0.29) is 5.91 Å². The van der Waals surface area contributed by atoms with Gasteiger partial charge in [0.05, 0.1) is 52.6 Å². The van der Waals surface area contributed by atoms with Gasteiger partial charge in [0.1, 0.15) is 5.75 Å². The molecule has 10 nitrogen and oxygen atoms in total. The first kappa shape index (κ1) is 25.0. The first-order chi connectivity index (χ1) is 17.5. The van der Waals surface area contributed by atoms with Crippen LogP contribution < -0.4 is 30.0 Å². The van der Waals surface area contributed by atoms with Crippen LogP contribution in [0.25, 0.3) is 22.4 Å². The summed E-state index contributed by atoms with van der Waals surface area (Å²) in [5.41, 5.74) is 8.67. The fourth-order valence-electron chi connectivity index (χ4n) is 3.83. The molecule has 4 rings (SSSR count). The maximum Gasteiger partial charge on any atom is 0.283 e. The minimum Gasteiger partial charge on any atom is -0.495 e. The minimum atomic E-state index is -0.517. The molecule has 188 valence electrons. The van der Waals surface area contributed by atoms with Crippen molar-refractivity contribution in [3.8, 4) is 45.4 Å². The average Bonchev–Trinajstić information content (AvgIpc) is 3.60. The Labute approximate surface area is 212 Å². The van der Waals surface area contributed by atoms with Crippen LogP contribution in [0.5, 0.6) is 23.0 Å². The molecule has 0 aliphatic heterocycles. The Balaban J connectivity index is 1.67. The van der Waals surface area contributed by atoms with Crippen molar-refractivity contribution in [3.05, 3.63) is 53.9 Å². The van der Waals surface area contributed by atoms with Gasteiger partial charge in [-0.2, -0.15) is 4.37 Å². The number of nitrogens with one attached hydrogen (secondary N) is 2. The third-order valence-electron chi connectivity index (χ3n) is 5.67. The Morgan fingerprint density at radius 2 is 1.75 bits per heavy atom. The van der Waals surface area contributed by atoms with E-state index in [9.17, 15) is 4.79 Å². The lowest BCUT2D eigenvalue weighted by Gasteiger charge is -2.15. The Kier molecular flexibility index (Phi) is 7.71. The summed E-state index contributed by atoms with van der Waals surface area (Å²) in [7, 11) is 6.27. The molecule has 11 heteroatoms. The molecule has 0 aliphatic rings. The lowest BCUT2D eigenvalue weighted by molar-refractivity contribution is -0.402. The van der Waals surface area contributed by atoms with E-state index < -0.39 is 6.04 Å². The van der Waals surface area contributed by atoms with Gasteiger partial charge in [-0.25, -0.2) is 4.98 Å². The second-order valence-corrected chi connectivity index (χ2v) is 8.50. The zero-order valence-corrected chi connectivity index (χ0v) is 21.3. The van der Waals surface area contributed by atoms with Crippen molar-refractivity contribution in [3.63, 3.8) is 0 Å². The molecule has 1 atom stereocenters. The number of aromatic nitrogens is 3. The van der Waals surface area contributed by atoms with Crippen molar-refractivity contribution in [2.45, 2.75) is 12.5 Å². The fourth-order valence-corrected chi connectivity index (χ4v) is 4.54. The number of hydrogen-bond acceptors (Lipinski definition) is 8. The molecule has 2 heterocycles. The van der Waals surface area contributed by atoms with E-state index in [0.717, 1.165) is 28.1 Å². The van der Waals surface area contributed by atoms with Crippen LogP contribution in [0.15, 0.2) is 48.2 Å². The van der Waals surface area contributed by atoms with Crippen LogP contribution in [-0.4, -0.2) is 54.7 Å². The number of anilines is 1. The first-order valence-corrected chi connectivity index (χ1v) is 11.9. The highest BCUT2D eigenvalue weighted by Crippen LogP contribution is 2.44. The predicted molar refractivity (Wildman–Crippen MR) is 137 cm³/mol. The molecule has 5 N–H and O–H groups in total. The number of imidazole rings is 1. The molecule has 0 fully saturated rings. The van der Waals surface area contributed by atoms with Gasteiger partial charge < -0.3 is 35.0 Å². The average molecular weight is 511 g/mol. The van der Waals surface area contributed by atoms with E-state index in [1.54, 1.807) is 41.0 Å². The van der Waals surface area contributed by atoms with Crippen LogP contribution in [0, 0.1) is 0 Å². The Morgan fingerprint density at radius 1 is 1.03 bits per heavy atom. The zero-order valence-electron chi connectivity index (χ0n) is 20.5. The van der Waals surface area contributed by atoms with Gasteiger partial charge in [-0.1, -0.05) is 6.07 Å². The predicted octanol–water partition coefficient (Wildman–Crippen LogP) is 3.03. The van der Waals surface area contributed by atoms with E-state index in [1.165, 1.54) is 11.5 Å². The smallest absolute Gasteiger partial charge is 0.283 e. The number of quaternary nitrogens is 1. The third-order valence-corrected chi connectivity index (χ3v) is 6.30. The monoisotopic (exact) mass is 510 g/mol. The van der Waals surface area contributed by atoms with Gasteiger partial charge in [0, 0.05) is 28.4 Å². The molecule has 0 aliphatic carbocycles. The van der Waals surface area contributed by atoms with Crippen LogP contribution in [0.2, 0.25) is 0 Å². The fraction of sp³-hybridized carbons (Fsp3) is 0.240. The van der Waals surface area contributed by atoms with E-state index >= 15 is 0 Å². The van der Waals surface area contributed by atoms with E-state index in [0.29, 0.717) is 35.1 Å². The maximum atomic E-state index is 12.9. The standard InChI is InChI=1S/C25H27N5O5S/c1-32-20-6-5-14(7-19(20)29-25(31)18(26)10-16-11-27-13-28-16)17-12-36-30-23(17)15-8-21(33-2)24(35-4)22(9-15)34-3/h5-9,11-13,18H,10,26H2,1-4H3,(H,27,28)(H,29,31)/p+1/t18-/m0/s1. The van der Waals surface area contributed by atoms with Crippen molar-refractivity contribution >= 4 is 23.1 Å². The van der Waals surface area contributed by atoms with Gasteiger partial charge in [0.2, 0.25) is 5.75 Å². The molecule has 36 heavy (non-hydrogen) atoms. The number of carbonyl (C=O) groups excluding carboxylic acids is 1. The molecule has 2 aromatic carbocycles. The molecule has 0 unspecified atom stereocenters. The Hall–Kier alpha value is -4.09. The molecule has 4 aromatic rings. The largest absolute Gasteiger partial charge is 0.495 e. The number of ether oxygens (including phenoxy) is 4.